The first-order valence-corrected chi connectivity index (χ1v) is 4.96. The summed E-state index contributed by atoms with van der Waals surface area (Å²) in [4.78, 5) is 8.50. The molecule has 0 atom stereocenters. The maximum absolute atomic E-state index is 4.29. The highest BCUT2D eigenvalue weighted by atomic mass is 15.3. The van der Waals surface area contributed by atoms with E-state index in [9.17, 15) is 0 Å². The first-order valence-electron chi connectivity index (χ1n) is 4.96. The normalized spacial score (nSPS) is 10.2. The summed E-state index contributed by atoms with van der Waals surface area (Å²) in [6.45, 7) is 1.86. The summed E-state index contributed by atoms with van der Waals surface area (Å²) in [7, 11) is 3.70. The van der Waals surface area contributed by atoms with Gasteiger partial charge < -0.3 is 10.6 Å². The molecule has 0 aliphatic carbocycles. The van der Waals surface area contributed by atoms with E-state index >= 15 is 0 Å². The van der Waals surface area contributed by atoms with Crippen molar-refractivity contribution >= 4 is 17.3 Å². The van der Waals surface area contributed by atoms with Crippen LogP contribution in [0.15, 0.2) is 18.5 Å². The minimum Gasteiger partial charge on any atom is -0.373 e. The number of aryl methyl sites for hydroxylation is 2. The number of rotatable bonds is 3. The molecular formula is C10H14N6. The first kappa shape index (κ1) is 10.4. The van der Waals surface area contributed by atoms with E-state index in [1.54, 1.807) is 10.9 Å². The fraction of sp³-hybridized carbons (Fsp3) is 0.300. The second kappa shape index (κ2) is 4.18. The molecule has 0 unspecified atom stereocenters. The number of nitrogens with zero attached hydrogens (tertiary/aromatic N) is 4. The minimum atomic E-state index is 0.721. The summed E-state index contributed by atoms with van der Waals surface area (Å²) in [5.74, 6) is 2.27. The Morgan fingerprint density at radius 1 is 1.25 bits per heavy atom. The molecule has 16 heavy (non-hydrogen) atoms. The SMILES string of the molecule is CNc1cc(Nc2cnn(C)c2)nc(C)n1. The van der Waals surface area contributed by atoms with Crippen LogP contribution in [0.25, 0.3) is 0 Å². The van der Waals surface area contributed by atoms with E-state index in [0.29, 0.717) is 0 Å². The van der Waals surface area contributed by atoms with Crippen LogP contribution >= 0.6 is 0 Å². The Balaban J connectivity index is 2.24. The molecule has 0 fully saturated rings. The van der Waals surface area contributed by atoms with Gasteiger partial charge >= 0.3 is 0 Å². The zero-order chi connectivity index (χ0) is 11.5. The van der Waals surface area contributed by atoms with E-state index in [0.717, 1.165) is 23.1 Å². The van der Waals surface area contributed by atoms with Crippen molar-refractivity contribution in [3.05, 3.63) is 24.3 Å². The lowest BCUT2D eigenvalue weighted by atomic mass is 10.4. The van der Waals surface area contributed by atoms with Gasteiger partial charge in [-0.25, -0.2) is 9.97 Å². The van der Waals surface area contributed by atoms with Gasteiger partial charge in [-0.2, -0.15) is 5.10 Å². The van der Waals surface area contributed by atoms with Crippen molar-refractivity contribution < 1.29 is 0 Å². The third-order valence-corrected chi connectivity index (χ3v) is 2.07. The lowest BCUT2D eigenvalue weighted by Gasteiger charge is -2.06. The van der Waals surface area contributed by atoms with Crippen molar-refractivity contribution in [2.24, 2.45) is 7.05 Å². The predicted octanol–water partition coefficient (Wildman–Crippen LogP) is 1.30. The number of nitrogens with one attached hydrogen (secondary N) is 2. The molecule has 0 bridgehead atoms. The van der Waals surface area contributed by atoms with E-state index in [-0.39, 0.29) is 0 Å². The van der Waals surface area contributed by atoms with Gasteiger partial charge in [-0.15, -0.1) is 0 Å². The zero-order valence-corrected chi connectivity index (χ0v) is 9.52. The lowest BCUT2D eigenvalue weighted by molar-refractivity contribution is 0.768. The molecule has 6 nitrogen and oxygen atoms in total. The molecule has 6 heteroatoms. The van der Waals surface area contributed by atoms with E-state index in [1.165, 1.54) is 0 Å². The Morgan fingerprint density at radius 3 is 2.62 bits per heavy atom. The Morgan fingerprint density at radius 2 is 2.00 bits per heavy atom. The highest BCUT2D eigenvalue weighted by Crippen LogP contribution is 2.15. The van der Waals surface area contributed by atoms with Crippen LogP contribution in [0.3, 0.4) is 0 Å². The van der Waals surface area contributed by atoms with Crippen LogP contribution < -0.4 is 10.6 Å². The van der Waals surface area contributed by atoms with Crippen LogP contribution in [-0.2, 0) is 7.05 Å². The molecule has 2 heterocycles. The smallest absolute Gasteiger partial charge is 0.136 e. The molecule has 84 valence electrons. The van der Waals surface area contributed by atoms with E-state index in [2.05, 4.69) is 25.7 Å². The van der Waals surface area contributed by atoms with E-state index in [1.807, 2.05) is 33.3 Å². The molecule has 0 aliphatic heterocycles. The fourth-order valence-electron chi connectivity index (χ4n) is 1.39. The van der Waals surface area contributed by atoms with Crippen LogP contribution in [-0.4, -0.2) is 26.8 Å². The molecule has 0 aromatic carbocycles. The molecule has 0 aliphatic rings. The quantitative estimate of drug-likeness (QED) is 0.812. The van der Waals surface area contributed by atoms with Gasteiger partial charge in [-0.05, 0) is 6.92 Å². The minimum absolute atomic E-state index is 0.721. The average Bonchev–Trinajstić information content (AvgIpc) is 2.63. The molecular weight excluding hydrogens is 204 g/mol. The Bertz CT molecular complexity index is 490. The summed E-state index contributed by atoms with van der Waals surface area (Å²) in [5, 5.41) is 10.2. The third-order valence-electron chi connectivity index (χ3n) is 2.07. The van der Waals surface area contributed by atoms with Crippen LogP contribution in [0.1, 0.15) is 5.82 Å². The summed E-state index contributed by atoms with van der Waals surface area (Å²) in [5.41, 5.74) is 0.905. The highest BCUT2D eigenvalue weighted by Gasteiger charge is 2.02. The Labute approximate surface area is 93.7 Å². The zero-order valence-electron chi connectivity index (χ0n) is 9.52. The molecule has 2 aromatic heterocycles. The monoisotopic (exact) mass is 218 g/mol. The summed E-state index contributed by atoms with van der Waals surface area (Å²) < 4.78 is 1.73. The van der Waals surface area contributed by atoms with Crippen molar-refractivity contribution in [1.82, 2.24) is 19.7 Å². The van der Waals surface area contributed by atoms with Gasteiger partial charge in [0.2, 0.25) is 0 Å². The average molecular weight is 218 g/mol. The van der Waals surface area contributed by atoms with Crippen LogP contribution in [0.2, 0.25) is 0 Å². The van der Waals surface area contributed by atoms with Gasteiger partial charge in [0.1, 0.15) is 17.5 Å². The largest absolute Gasteiger partial charge is 0.373 e. The van der Waals surface area contributed by atoms with E-state index in [4.69, 9.17) is 0 Å². The molecule has 0 saturated heterocycles. The number of hydrogen-bond acceptors (Lipinski definition) is 5. The van der Waals surface area contributed by atoms with Crippen molar-refractivity contribution in [3.63, 3.8) is 0 Å². The van der Waals surface area contributed by atoms with Gasteiger partial charge in [0.05, 0.1) is 11.9 Å². The van der Waals surface area contributed by atoms with Crippen LogP contribution in [0.5, 0.6) is 0 Å². The van der Waals surface area contributed by atoms with E-state index < -0.39 is 0 Å². The first-order chi connectivity index (χ1) is 7.67. The summed E-state index contributed by atoms with van der Waals surface area (Å²) in [6.07, 6.45) is 3.63. The predicted molar refractivity (Wildman–Crippen MR) is 62.8 cm³/mol. The molecule has 2 rings (SSSR count). The molecule has 0 radical (unpaired) electrons. The van der Waals surface area contributed by atoms with Crippen LogP contribution in [0.4, 0.5) is 17.3 Å². The Hall–Kier alpha value is -2.11. The number of aromatic nitrogens is 4. The lowest BCUT2D eigenvalue weighted by Crippen LogP contribution is -2.00. The Kier molecular flexibility index (Phi) is 2.72. The van der Waals surface area contributed by atoms with Gasteiger partial charge in [-0.3, -0.25) is 4.68 Å². The van der Waals surface area contributed by atoms with Gasteiger partial charge in [0.25, 0.3) is 0 Å². The van der Waals surface area contributed by atoms with Crippen molar-refractivity contribution in [3.8, 4) is 0 Å². The van der Waals surface area contributed by atoms with Crippen molar-refractivity contribution in [2.75, 3.05) is 17.7 Å². The summed E-state index contributed by atoms with van der Waals surface area (Å²) in [6, 6.07) is 1.85. The molecule has 0 amide bonds. The van der Waals surface area contributed by atoms with Crippen LogP contribution in [0, 0.1) is 6.92 Å². The van der Waals surface area contributed by atoms with Gasteiger partial charge in [0.15, 0.2) is 0 Å². The molecule has 0 spiro atoms. The fourth-order valence-corrected chi connectivity index (χ4v) is 1.39. The molecule has 0 saturated carbocycles. The maximum atomic E-state index is 4.29. The molecule has 2 aromatic rings. The van der Waals surface area contributed by atoms with Crippen molar-refractivity contribution in [1.29, 1.82) is 0 Å². The highest BCUT2D eigenvalue weighted by molar-refractivity contribution is 5.57. The molecule has 2 N–H and O–H groups in total. The van der Waals surface area contributed by atoms with Gasteiger partial charge in [0, 0.05) is 26.4 Å². The van der Waals surface area contributed by atoms with Gasteiger partial charge in [-0.1, -0.05) is 0 Å². The third kappa shape index (κ3) is 2.28. The number of hydrogen-bond donors (Lipinski definition) is 2. The number of anilines is 3. The summed E-state index contributed by atoms with van der Waals surface area (Å²) >= 11 is 0. The maximum Gasteiger partial charge on any atom is 0.136 e. The topological polar surface area (TPSA) is 67.7 Å². The van der Waals surface area contributed by atoms with Crippen molar-refractivity contribution in [2.45, 2.75) is 6.92 Å². The second-order valence-electron chi connectivity index (χ2n) is 3.46. The standard InChI is InChI=1S/C10H14N6/c1-7-13-9(11-2)4-10(14-7)15-8-5-12-16(3)6-8/h4-6H,1-3H3,(H2,11,13,14,15). The second-order valence-corrected chi connectivity index (χ2v) is 3.46.